The maximum atomic E-state index is 13.0. The van der Waals surface area contributed by atoms with Gasteiger partial charge in [0.15, 0.2) is 0 Å². The molecule has 1 amide bonds. The normalized spacial score (nSPS) is 21.4. The monoisotopic (exact) mass is 303 g/mol. The maximum absolute atomic E-state index is 13.0. The largest absolute Gasteiger partial charge is 0.493 e. The summed E-state index contributed by atoms with van der Waals surface area (Å²) in [5.41, 5.74) is 0.923. The van der Waals surface area contributed by atoms with Gasteiger partial charge < -0.3 is 14.7 Å². The first-order chi connectivity index (χ1) is 10.6. The highest BCUT2D eigenvalue weighted by Crippen LogP contribution is 2.37. The Balaban J connectivity index is 1.81. The molecule has 1 fully saturated rings. The molecule has 1 aromatic rings. The molecule has 1 saturated carbocycles. The number of aliphatic carboxylic acids is 1. The van der Waals surface area contributed by atoms with E-state index in [9.17, 15) is 9.59 Å². The second-order valence-corrected chi connectivity index (χ2v) is 6.19. The maximum Gasteiger partial charge on any atom is 0.308 e. The number of carbonyl (C=O) groups excluding carboxylic acids is 1. The molecule has 0 saturated heterocycles. The molecule has 2 atom stereocenters. The summed E-state index contributed by atoms with van der Waals surface area (Å²) in [6.07, 6.45) is 2.60. The number of hydrogen-bond donors (Lipinski definition) is 1. The van der Waals surface area contributed by atoms with Crippen LogP contribution in [0.15, 0.2) is 24.3 Å². The summed E-state index contributed by atoms with van der Waals surface area (Å²) in [4.78, 5) is 25.9. The molecule has 5 nitrogen and oxygen atoms in total. The molecule has 0 aromatic heterocycles. The van der Waals surface area contributed by atoms with Crippen LogP contribution in [-0.4, -0.2) is 41.1 Å². The summed E-state index contributed by atoms with van der Waals surface area (Å²) in [6, 6.07) is 7.84. The van der Waals surface area contributed by atoms with Crippen molar-refractivity contribution in [1.82, 2.24) is 4.90 Å². The lowest BCUT2D eigenvalue weighted by Crippen LogP contribution is -2.42. The van der Waals surface area contributed by atoms with Crippen LogP contribution in [0.1, 0.15) is 37.7 Å². The SMILES string of the molecule is C[C@@H](CN(C(=O)[C@H]1CCOc2ccccc21)C1CC1)C(=O)O. The number of carboxylic acid groups (broad SMARTS) is 1. The van der Waals surface area contributed by atoms with Gasteiger partial charge in [-0.25, -0.2) is 0 Å². The van der Waals surface area contributed by atoms with Crippen LogP contribution in [-0.2, 0) is 9.59 Å². The van der Waals surface area contributed by atoms with E-state index in [0.29, 0.717) is 19.6 Å². The molecular formula is C17H21NO4. The smallest absolute Gasteiger partial charge is 0.308 e. The van der Waals surface area contributed by atoms with Crippen LogP contribution >= 0.6 is 0 Å². The van der Waals surface area contributed by atoms with Gasteiger partial charge in [0.1, 0.15) is 5.75 Å². The number of para-hydroxylation sites is 1. The molecule has 1 aliphatic heterocycles. The van der Waals surface area contributed by atoms with Crippen molar-refractivity contribution in [3.05, 3.63) is 29.8 Å². The highest BCUT2D eigenvalue weighted by molar-refractivity contribution is 5.86. The first-order valence-electron chi connectivity index (χ1n) is 7.83. The number of ether oxygens (including phenoxy) is 1. The molecule has 1 aromatic carbocycles. The quantitative estimate of drug-likeness (QED) is 0.906. The van der Waals surface area contributed by atoms with Crippen LogP contribution in [0.2, 0.25) is 0 Å². The van der Waals surface area contributed by atoms with Gasteiger partial charge in [0.05, 0.1) is 18.4 Å². The van der Waals surface area contributed by atoms with Gasteiger partial charge in [-0.2, -0.15) is 0 Å². The average molecular weight is 303 g/mol. The number of rotatable bonds is 5. The van der Waals surface area contributed by atoms with E-state index in [1.807, 2.05) is 24.3 Å². The zero-order valence-electron chi connectivity index (χ0n) is 12.7. The highest BCUT2D eigenvalue weighted by Gasteiger charge is 2.39. The fourth-order valence-corrected chi connectivity index (χ4v) is 2.98. The molecule has 1 N–H and O–H groups in total. The Morgan fingerprint density at radius 1 is 1.32 bits per heavy atom. The van der Waals surface area contributed by atoms with Gasteiger partial charge in [0.2, 0.25) is 5.91 Å². The van der Waals surface area contributed by atoms with Crippen molar-refractivity contribution in [3.8, 4) is 5.75 Å². The van der Waals surface area contributed by atoms with Crippen LogP contribution in [0, 0.1) is 5.92 Å². The second kappa shape index (κ2) is 5.99. The number of carboxylic acids is 1. The van der Waals surface area contributed by atoms with E-state index >= 15 is 0 Å². The van der Waals surface area contributed by atoms with Gasteiger partial charge in [-0.3, -0.25) is 9.59 Å². The molecule has 22 heavy (non-hydrogen) atoms. The molecule has 3 rings (SSSR count). The summed E-state index contributed by atoms with van der Waals surface area (Å²) in [6.45, 7) is 2.47. The van der Waals surface area contributed by atoms with E-state index in [0.717, 1.165) is 24.2 Å². The molecule has 5 heteroatoms. The third-order valence-electron chi connectivity index (χ3n) is 4.42. The first-order valence-corrected chi connectivity index (χ1v) is 7.83. The van der Waals surface area contributed by atoms with Gasteiger partial charge in [-0.15, -0.1) is 0 Å². The van der Waals surface area contributed by atoms with Crippen molar-refractivity contribution in [3.63, 3.8) is 0 Å². The Morgan fingerprint density at radius 2 is 2.05 bits per heavy atom. The van der Waals surface area contributed by atoms with Crippen molar-refractivity contribution < 1.29 is 19.4 Å². The third-order valence-corrected chi connectivity index (χ3v) is 4.42. The summed E-state index contributed by atoms with van der Waals surface area (Å²) >= 11 is 0. The fourth-order valence-electron chi connectivity index (χ4n) is 2.98. The lowest BCUT2D eigenvalue weighted by molar-refractivity contribution is -0.143. The first kappa shape index (κ1) is 14.9. The van der Waals surface area contributed by atoms with E-state index in [-0.39, 0.29) is 17.9 Å². The molecule has 1 heterocycles. The number of amides is 1. The van der Waals surface area contributed by atoms with Crippen molar-refractivity contribution in [1.29, 1.82) is 0 Å². The van der Waals surface area contributed by atoms with Gasteiger partial charge in [-0.05, 0) is 25.3 Å². The molecule has 0 unspecified atom stereocenters. The van der Waals surface area contributed by atoms with Crippen molar-refractivity contribution in [2.75, 3.05) is 13.2 Å². The lowest BCUT2D eigenvalue weighted by Gasteiger charge is -2.32. The van der Waals surface area contributed by atoms with Gasteiger partial charge >= 0.3 is 5.97 Å². The molecular weight excluding hydrogens is 282 g/mol. The lowest BCUT2D eigenvalue weighted by atomic mass is 9.91. The van der Waals surface area contributed by atoms with E-state index in [1.54, 1.807) is 11.8 Å². The average Bonchev–Trinajstić information content (AvgIpc) is 3.35. The molecule has 0 spiro atoms. The van der Waals surface area contributed by atoms with Gasteiger partial charge in [0, 0.05) is 18.2 Å². The van der Waals surface area contributed by atoms with Crippen LogP contribution in [0.3, 0.4) is 0 Å². The van der Waals surface area contributed by atoms with Crippen LogP contribution < -0.4 is 4.74 Å². The summed E-state index contributed by atoms with van der Waals surface area (Å²) in [5, 5.41) is 9.13. The van der Waals surface area contributed by atoms with Crippen molar-refractivity contribution in [2.24, 2.45) is 5.92 Å². The van der Waals surface area contributed by atoms with Gasteiger partial charge in [0.25, 0.3) is 0 Å². The minimum atomic E-state index is -0.856. The molecule has 2 aliphatic rings. The van der Waals surface area contributed by atoms with Crippen molar-refractivity contribution >= 4 is 11.9 Å². The molecule has 1 aliphatic carbocycles. The summed E-state index contributed by atoms with van der Waals surface area (Å²) in [5.74, 6) is -0.794. The third kappa shape index (κ3) is 2.93. The van der Waals surface area contributed by atoms with E-state index in [4.69, 9.17) is 9.84 Å². The Bertz CT molecular complexity index is 582. The van der Waals surface area contributed by atoms with Crippen LogP contribution in [0.5, 0.6) is 5.75 Å². The van der Waals surface area contributed by atoms with E-state index in [1.165, 1.54) is 0 Å². The van der Waals surface area contributed by atoms with Gasteiger partial charge in [-0.1, -0.05) is 25.1 Å². The minimum Gasteiger partial charge on any atom is -0.493 e. The molecule has 118 valence electrons. The van der Waals surface area contributed by atoms with Crippen LogP contribution in [0.25, 0.3) is 0 Å². The number of benzene rings is 1. The van der Waals surface area contributed by atoms with Crippen LogP contribution in [0.4, 0.5) is 0 Å². The Hall–Kier alpha value is -2.04. The van der Waals surface area contributed by atoms with Crippen molar-refractivity contribution in [2.45, 2.75) is 38.1 Å². The van der Waals surface area contributed by atoms with E-state index < -0.39 is 11.9 Å². The zero-order valence-corrected chi connectivity index (χ0v) is 12.7. The summed E-state index contributed by atoms with van der Waals surface area (Å²) < 4.78 is 5.61. The minimum absolute atomic E-state index is 0.0475. The number of carbonyl (C=O) groups is 2. The molecule has 0 radical (unpaired) electrons. The topological polar surface area (TPSA) is 66.8 Å². The predicted molar refractivity (Wildman–Crippen MR) is 80.8 cm³/mol. The Morgan fingerprint density at radius 3 is 2.73 bits per heavy atom. The number of nitrogens with zero attached hydrogens (tertiary/aromatic N) is 1. The molecule has 0 bridgehead atoms. The zero-order chi connectivity index (χ0) is 15.7. The van der Waals surface area contributed by atoms with E-state index in [2.05, 4.69) is 0 Å². The Labute approximate surface area is 129 Å². The predicted octanol–water partition coefficient (Wildman–Crippen LogP) is 2.26. The number of hydrogen-bond acceptors (Lipinski definition) is 3. The highest BCUT2D eigenvalue weighted by atomic mass is 16.5. The number of fused-ring (bicyclic) bond motifs is 1. The second-order valence-electron chi connectivity index (χ2n) is 6.19. The Kier molecular flexibility index (Phi) is 4.05. The fraction of sp³-hybridized carbons (Fsp3) is 0.529. The standard InChI is InChI=1S/C17H21NO4/c1-11(17(20)21)10-18(12-6-7-12)16(19)14-8-9-22-15-5-3-2-4-13(14)15/h2-5,11-12,14H,6-10H2,1H3,(H,20,21)/t11-,14-/m0/s1. The summed E-state index contributed by atoms with van der Waals surface area (Å²) in [7, 11) is 0.